The van der Waals surface area contributed by atoms with Crippen molar-refractivity contribution in [2.24, 2.45) is 0 Å². The summed E-state index contributed by atoms with van der Waals surface area (Å²) in [6.45, 7) is 2.03. The molecule has 3 aromatic rings. The molecule has 0 amide bonds. The van der Waals surface area contributed by atoms with Gasteiger partial charge >= 0.3 is 0 Å². The Hall–Kier alpha value is -2.67. The Morgan fingerprint density at radius 2 is 1.92 bits per heavy atom. The quantitative estimate of drug-likeness (QED) is 0.352. The summed E-state index contributed by atoms with van der Waals surface area (Å²) >= 11 is 1.57. The molecule has 1 aliphatic rings. The lowest BCUT2D eigenvalue weighted by atomic mass is 10.1. The molecule has 1 fully saturated rings. The maximum absolute atomic E-state index is 11.0. The van der Waals surface area contributed by atoms with Crippen molar-refractivity contribution in [3.8, 4) is 5.69 Å². The molecule has 132 valence electrons. The smallest absolute Gasteiger partial charge is 0.269 e. The normalized spacial score (nSPS) is 15.0. The van der Waals surface area contributed by atoms with Crippen LogP contribution in [0.3, 0.4) is 0 Å². The highest BCUT2D eigenvalue weighted by Gasteiger charge is 2.31. The van der Waals surface area contributed by atoms with Crippen LogP contribution in [0.2, 0.25) is 0 Å². The third-order valence-corrected chi connectivity index (χ3v) is 5.55. The van der Waals surface area contributed by atoms with E-state index >= 15 is 0 Å². The van der Waals surface area contributed by atoms with Crippen LogP contribution in [0, 0.1) is 10.1 Å². The summed E-state index contributed by atoms with van der Waals surface area (Å²) in [5.41, 5.74) is 2.06. The van der Waals surface area contributed by atoms with Gasteiger partial charge in [0.25, 0.3) is 5.69 Å². The van der Waals surface area contributed by atoms with Crippen molar-refractivity contribution >= 4 is 17.4 Å². The number of hydrogen-bond acceptors (Lipinski definition) is 5. The Morgan fingerprint density at radius 1 is 1.15 bits per heavy atom. The van der Waals surface area contributed by atoms with Crippen molar-refractivity contribution in [1.29, 1.82) is 0 Å². The molecule has 0 saturated heterocycles. The zero-order chi connectivity index (χ0) is 18.1. The van der Waals surface area contributed by atoms with E-state index in [1.165, 1.54) is 6.07 Å². The van der Waals surface area contributed by atoms with Crippen molar-refractivity contribution < 1.29 is 4.92 Å². The molecular weight excluding hydrogens is 348 g/mol. The summed E-state index contributed by atoms with van der Waals surface area (Å²) in [6.07, 6.45) is 2.30. The molecule has 1 heterocycles. The average Bonchev–Trinajstić information content (AvgIpc) is 3.43. The van der Waals surface area contributed by atoms with Gasteiger partial charge in [0.1, 0.15) is 5.82 Å². The molecule has 0 spiro atoms. The van der Waals surface area contributed by atoms with E-state index in [-0.39, 0.29) is 15.9 Å². The fourth-order valence-corrected chi connectivity index (χ4v) is 3.89. The molecule has 1 atom stereocenters. The summed E-state index contributed by atoms with van der Waals surface area (Å²) in [7, 11) is 0. The number of hydrogen-bond donors (Lipinski definition) is 0. The van der Waals surface area contributed by atoms with Gasteiger partial charge in [0.05, 0.1) is 4.92 Å². The highest BCUT2D eigenvalue weighted by atomic mass is 32.2. The number of nitro groups is 1. The largest absolute Gasteiger partial charge is 0.274 e. The van der Waals surface area contributed by atoms with Gasteiger partial charge in [-0.15, -0.1) is 10.2 Å². The van der Waals surface area contributed by atoms with Crippen LogP contribution in [0.5, 0.6) is 0 Å². The molecule has 0 aliphatic heterocycles. The molecule has 7 heteroatoms. The second kappa shape index (κ2) is 6.92. The second-order valence-electron chi connectivity index (χ2n) is 6.40. The first-order valence-corrected chi connectivity index (χ1v) is 9.43. The van der Waals surface area contributed by atoms with Crippen molar-refractivity contribution in [2.45, 2.75) is 36.1 Å². The van der Waals surface area contributed by atoms with Gasteiger partial charge < -0.3 is 0 Å². The minimum Gasteiger partial charge on any atom is -0.274 e. The molecule has 1 aliphatic carbocycles. The van der Waals surface area contributed by atoms with Gasteiger partial charge in [-0.3, -0.25) is 14.7 Å². The number of rotatable bonds is 6. The number of nitrogens with zero attached hydrogens (tertiary/aromatic N) is 4. The van der Waals surface area contributed by atoms with Gasteiger partial charge in [0.2, 0.25) is 0 Å². The van der Waals surface area contributed by atoms with E-state index in [1.54, 1.807) is 23.9 Å². The van der Waals surface area contributed by atoms with Crippen LogP contribution in [-0.2, 0) is 0 Å². The highest BCUT2D eigenvalue weighted by Crippen LogP contribution is 2.43. The summed E-state index contributed by atoms with van der Waals surface area (Å²) in [5, 5.41) is 20.7. The van der Waals surface area contributed by atoms with Gasteiger partial charge in [0.15, 0.2) is 5.16 Å². The van der Waals surface area contributed by atoms with E-state index in [1.807, 2.05) is 31.2 Å². The van der Waals surface area contributed by atoms with Crippen LogP contribution < -0.4 is 0 Å². The first kappa shape index (κ1) is 16.8. The highest BCUT2D eigenvalue weighted by molar-refractivity contribution is 7.99. The second-order valence-corrected chi connectivity index (χ2v) is 7.71. The molecule has 0 bridgehead atoms. The maximum atomic E-state index is 11.0. The minimum atomic E-state index is -0.363. The molecule has 1 saturated carbocycles. The molecule has 1 unspecified atom stereocenters. The number of benzene rings is 2. The fourth-order valence-electron chi connectivity index (χ4n) is 2.90. The molecule has 4 rings (SSSR count). The zero-order valence-corrected chi connectivity index (χ0v) is 15.1. The predicted octanol–water partition coefficient (Wildman–Crippen LogP) is 4.91. The summed E-state index contributed by atoms with van der Waals surface area (Å²) < 4.78 is 2.12. The standard InChI is InChI=1S/C19H18N4O2S/c1-13(15-6-5-9-17(12-15)23(24)25)26-19-21-20-18(14-10-11-14)22(19)16-7-3-2-4-8-16/h2-9,12-14H,10-11H2,1H3. The number of non-ortho nitro benzene ring substituents is 1. The Kier molecular flexibility index (Phi) is 4.46. The van der Waals surface area contributed by atoms with Crippen LogP contribution in [-0.4, -0.2) is 19.7 Å². The van der Waals surface area contributed by atoms with Crippen LogP contribution in [0.1, 0.15) is 42.3 Å². The van der Waals surface area contributed by atoms with Gasteiger partial charge in [0, 0.05) is 29.0 Å². The first-order chi connectivity index (χ1) is 12.6. The van der Waals surface area contributed by atoms with E-state index in [9.17, 15) is 10.1 Å². The predicted molar refractivity (Wildman–Crippen MR) is 101 cm³/mol. The van der Waals surface area contributed by atoms with E-state index in [4.69, 9.17) is 0 Å². The lowest BCUT2D eigenvalue weighted by Crippen LogP contribution is -2.02. The fraction of sp³-hybridized carbons (Fsp3) is 0.263. The van der Waals surface area contributed by atoms with Crippen LogP contribution >= 0.6 is 11.8 Å². The molecule has 1 aromatic heterocycles. The summed E-state index contributed by atoms with van der Waals surface area (Å²) in [6, 6.07) is 16.9. The van der Waals surface area contributed by atoms with Crippen molar-refractivity contribution in [2.75, 3.05) is 0 Å². The van der Waals surface area contributed by atoms with Crippen molar-refractivity contribution in [3.05, 3.63) is 76.1 Å². The number of thioether (sulfide) groups is 1. The van der Waals surface area contributed by atoms with E-state index in [2.05, 4.69) is 26.9 Å². The molecule has 6 nitrogen and oxygen atoms in total. The number of aromatic nitrogens is 3. The third-order valence-electron chi connectivity index (χ3n) is 4.45. The summed E-state index contributed by atoms with van der Waals surface area (Å²) in [5.74, 6) is 1.48. The lowest BCUT2D eigenvalue weighted by Gasteiger charge is -2.13. The minimum absolute atomic E-state index is 0.0219. The topological polar surface area (TPSA) is 73.8 Å². The zero-order valence-electron chi connectivity index (χ0n) is 14.3. The van der Waals surface area contributed by atoms with Crippen molar-refractivity contribution in [3.63, 3.8) is 0 Å². The first-order valence-electron chi connectivity index (χ1n) is 8.55. The van der Waals surface area contributed by atoms with Gasteiger partial charge in [-0.05, 0) is 37.5 Å². The molecule has 0 radical (unpaired) electrons. The molecule has 26 heavy (non-hydrogen) atoms. The molecule has 2 aromatic carbocycles. The van der Waals surface area contributed by atoms with E-state index < -0.39 is 0 Å². The van der Waals surface area contributed by atoms with Crippen LogP contribution in [0.25, 0.3) is 5.69 Å². The van der Waals surface area contributed by atoms with Crippen LogP contribution in [0.4, 0.5) is 5.69 Å². The number of para-hydroxylation sites is 1. The van der Waals surface area contributed by atoms with Crippen molar-refractivity contribution in [1.82, 2.24) is 14.8 Å². The SMILES string of the molecule is CC(Sc1nnc(C2CC2)n1-c1ccccc1)c1cccc([N+](=O)[O-])c1. The van der Waals surface area contributed by atoms with E-state index in [0.717, 1.165) is 35.1 Å². The molecule has 0 N–H and O–H groups in total. The van der Waals surface area contributed by atoms with E-state index in [0.29, 0.717) is 5.92 Å². The summed E-state index contributed by atoms with van der Waals surface area (Å²) in [4.78, 5) is 10.7. The van der Waals surface area contributed by atoms with Gasteiger partial charge in [-0.25, -0.2) is 0 Å². The Bertz CT molecular complexity index is 938. The Labute approximate surface area is 155 Å². The Balaban J connectivity index is 1.66. The van der Waals surface area contributed by atoms with Crippen LogP contribution in [0.15, 0.2) is 59.8 Å². The lowest BCUT2D eigenvalue weighted by molar-refractivity contribution is -0.384. The maximum Gasteiger partial charge on any atom is 0.269 e. The monoisotopic (exact) mass is 366 g/mol. The third kappa shape index (κ3) is 3.35. The number of nitro benzene ring substituents is 1. The molecular formula is C19H18N4O2S. The van der Waals surface area contributed by atoms with Gasteiger partial charge in [-0.1, -0.05) is 42.1 Å². The van der Waals surface area contributed by atoms with Gasteiger partial charge in [-0.2, -0.15) is 0 Å². The average molecular weight is 366 g/mol. The Morgan fingerprint density at radius 3 is 2.62 bits per heavy atom.